The highest BCUT2D eigenvalue weighted by atomic mass is 16.5. The Morgan fingerprint density at radius 3 is 2.62 bits per heavy atom. The molecule has 0 spiro atoms. The van der Waals surface area contributed by atoms with Gasteiger partial charge in [-0.3, -0.25) is 0 Å². The summed E-state index contributed by atoms with van der Waals surface area (Å²) in [6, 6.07) is 5.62. The first kappa shape index (κ1) is 12.8. The highest BCUT2D eigenvalue weighted by Crippen LogP contribution is 2.31. The van der Waals surface area contributed by atoms with Crippen LogP contribution in [0.15, 0.2) is 18.2 Å². The van der Waals surface area contributed by atoms with Gasteiger partial charge in [-0.15, -0.1) is 0 Å². The molecule has 90 valence electrons. The maximum absolute atomic E-state index is 10.0. The van der Waals surface area contributed by atoms with Gasteiger partial charge in [0.1, 0.15) is 0 Å². The Balaban J connectivity index is 2.93. The molecule has 16 heavy (non-hydrogen) atoms. The van der Waals surface area contributed by atoms with E-state index in [0.29, 0.717) is 12.4 Å². The Bertz CT molecular complexity index is 348. The van der Waals surface area contributed by atoms with Gasteiger partial charge in [0, 0.05) is 5.54 Å². The zero-order chi connectivity index (χ0) is 12.2. The Hall–Kier alpha value is -1.22. The summed E-state index contributed by atoms with van der Waals surface area (Å²) in [5.41, 5.74) is 0.868. The van der Waals surface area contributed by atoms with Crippen LogP contribution in [0.3, 0.4) is 0 Å². The van der Waals surface area contributed by atoms with Gasteiger partial charge < -0.3 is 15.2 Å². The van der Waals surface area contributed by atoms with Crippen molar-refractivity contribution in [1.29, 1.82) is 0 Å². The maximum atomic E-state index is 10.0. The molecule has 0 aliphatic rings. The third-order valence-electron chi connectivity index (χ3n) is 2.69. The molecule has 3 nitrogen and oxygen atoms in total. The number of hydrogen-bond donors (Lipinski definition) is 2. The van der Waals surface area contributed by atoms with Crippen molar-refractivity contribution < 1.29 is 9.84 Å². The molecule has 0 aromatic heterocycles. The molecule has 0 heterocycles. The number of phenolic OH excluding ortho intramolecular Hbond substituents is 1. The number of aromatic hydroxyl groups is 1. The third-order valence-corrected chi connectivity index (χ3v) is 2.69. The predicted octanol–water partition coefficient (Wildman–Crippen LogP) is 2.33. The van der Waals surface area contributed by atoms with Crippen LogP contribution >= 0.6 is 0 Å². The normalized spacial score (nSPS) is 11.5. The number of nitrogens with one attached hydrogen (secondary N) is 1. The second kappa shape index (κ2) is 5.21. The van der Waals surface area contributed by atoms with E-state index >= 15 is 0 Å². The average Bonchev–Trinajstić information content (AvgIpc) is 2.24. The molecule has 0 atom stereocenters. The lowest BCUT2D eigenvalue weighted by molar-refractivity contribution is 0.314. The fraction of sp³-hybridized carbons (Fsp3) is 0.538. The Morgan fingerprint density at radius 1 is 1.38 bits per heavy atom. The molecule has 1 rings (SSSR count). The number of hydrogen-bond acceptors (Lipinski definition) is 3. The average molecular weight is 223 g/mol. The van der Waals surface area contributed by atoms with E-state index in [9.17, 15) is 5.11 Å². The van der Waals surface area contributed by atoms with E-state index in [1.54, 1.807) is 6.07 Å². The van der Waals surface area contributed by atoms with Gasteiger partial charge in [-0.2, -0.15) is 0 Å². The first-order valence-corrected chi connectivity index (χ1v) is 5.62. The summed E-state index contributed by atoms with van der Waals surface area (Å²) in [7, 11) is 1.92. The Kier molecular flexibility index (Phi) is 4.19. The molecule has 3 heteroatoms. The molecule has 0 fully saturated rings. The highest BCUT2D eigenvalue weighted by Gasteiger charge is 2.18. The van der Waals surface area contributed by atoms with Crippen molar-refractivity contribution in [3.63, 3.8) is 0 Å². The lowest BCUT2D eigenvalue weighted by Crippen LogP contribution is -2.38. The second-order valence-corrected chi connectivity index (χ2v) is 4.51. The van der Waals surface area contributed by atoms with E-state index < -0.39 is 0 Å². The summed E-state index contributed by atoms with van der Waals surface area (Å²) in [6.07, 6.45) is 0.760. The summed E-state index contributed by atoms with van der Waals surface area (Å²) >= 11 is 0. The van der Waals surface area contributed by atoms with Crippen LogP contribution in [-0.4, -0.2) is 24.3 Å². The minimum Gasteiger partial charge on any atom is -0.504 e. The standard InChI is InChI=1S/C13H21NO2/c1-5-16-11-8-6-7-10(12(11)15)9-13(2,3)14-4/h6-8,14-15H,5,9H2,1-4H3. The van der Waals surface area contributed by atoms with E-state index in [2.05, 4.69) is 19.2 Å². The molecular weight excluding hydrogens is 202 g/mol. The molecule has 0 aliphatic heterocycles. The number of phenols is 1. The van der Waals surface area contributed by atoms with E-state index in [-0.39, 0.29) is 11.3 Å². The SMILES string of the molecule is CCOc1cccc(CC(C)(C)NC)c1O. The van der Waals surface area contributed by atoms with Gasteiger partial charge in [0.05, 0.1) is 6.61 Å². The molecule has 0 amide bonds. The van der Waals surface area contributed by atoms with Gasteiger partial charge in [0.25, 0.3) is 0 Å². The maximum Gasteiger partial charge on any atom is 0.161 e. The lowest BCUT2D eigenvalue weighted by atomic mass is 9.94. The van der Waals surface area contributed by atoms with Gasteiger partial charge in [-0.05, 0) is 45.9 Å². The predicted molar refractivity (Wildman–Crippen MR) is 66.1 cm³/mol. The van der Waals surface area contributed by atoms with Crippen LogP contribution in [-0.2, 0) is 6.42 Å². The molecule has 1 aromatic rings. The number of rotatable bonds is 5. The van der Waals surface area contributed by atoms with Crippen molar-refractivity contribution in [2.24, 2.45) is 0 Å². The van der Waals surface area contributed by atoms with Crippen molar-refractivity contribution in [1.82, 2.24) is 5.32 Å². The Labute approximate surface area is 97.4 Å². The first-order chi connectivity index (χ1) is 7.50. The summed E-state index contributed by atoms with van der Waals surface area (Å²) in [5, 5.41) is 13.2. The molecule has 0 aliphatic carbocycles. The zero-order valence-electron chi connectivity index (χ0n) is 10.5. The van der Waals surface area contributed by atoms with Gasteiger partial charge in [0.2, 0.25) is 0 Å². The van der Waals surface area contributed by atoms with Crippen LogP contribution in [0, 0.1) is 0 Å². The van der Waals surface area contributed by atoms with Crippen LogP contribution in [0.1, 0.15) is 26.3 Å². The summed E-state index contributed by atoms with van der Waals surface area (Å²) in [6.45, 7) is 6.66. The first-order valence-electron chi connectivity index (χ1n) is 5.62. The van der Waals surface area contributed by atoms with Crippen LogP contribution in [0.25, 0.3) is 0 Å². The van der Waals surface area contributed by atoms with E-state index in [1.807, 2.05) is 26.1 Å². The number of para-hydroxylation sites is 1. The monoisotopic (exact) mass is 223 g/mol. The van der Waals surface area contributed by atoms with Crippen LogP contribution in [0.2, 0.25) is 0 Å². The number of likely N-dealkylation sites (N-methyl/N-ethyl adjacent to an activating group) is 1. The van der Waals surface area contributed by atoms with Crippen molar-refractivity contribution in [2.75, 3.05) is 13.7 Å². The molecule has 0 unspecified atom stereocenters. The van der Waals surface area contributed by atoms with Crippen molar-refractivity contribution >= 4 is 0 Å². The summed E-state index contributed by atoms with van der Waals surface area (Å²) in [4.78, 5) is 0. The van der Waals surface area contributed by atoms with Crippen LogP contribution in [0.5, 0.6) is 11.5 Å². The number of ether oxygens (including phenoxy) is 1. The van der Waals surface area contributed by atoms with Gasteiger partial charge in [-0.25, -0.2) is 0 Å². The topological polar surface area (TPSA) is 41.5 Å². The van der Waals surface area contributed by atoms with Gasteiger partial charge in [-0.1, -0.05) is 12.1 Å². The van der Waals surface area contributed by atoms with Crippen LogP contribution < -0.4 is 10.1 Å². The fourth-order valence-electron chi connectivity index (χ4n) is 1.55. The quantitative estimate of drug-likeness (QED) is 0.805. The summed E-state index contributed by atoms with van der Waals surface area (Å²) < 4.78 is 5.36. The lowest BCUT2D eigenvalue weighted by Gasteiger charge is -2.24. The largest absolute Gasteiger partial charge is 0.504 e. The van der Waals surface area contributed by atoms with Crippen LogP contribution in [0.4, 0.5) is 0 Å². The fourth-order valence-corrected chi connectivity index (χ4v) is 1.55. The molecule has 0 saturated carbocycles. The third kappa shape index (κ3) is 3.14. The molecular formula is C13H21NO2. The van der Waals surface area contributed by atoms with E-state index in [4.69, 9.17) is 4.74 Å². The van der Waals surface area contributed by atoms with E-state index in [1.165, 1.54) is 0 Å². The minimum atomic E-state index is -0.0394. The molecule has 0 saturated heterocycles. The molecule has 0 radical (unpaired) electrons. The smallest absolute Gasteiger partial charge is 0.161 e. The Morgan fingerprint density at radius 2 is 2.06 bits per heavy atom. The van der Waals surface area contributed by atoms with Gasteiger partial charge >= 0.3 is 0 Å². The summed E-state index contributed by atoms with van der Waals surface area (Å²) in [5.74, 6) is 0.819. The van der Waals surface area contributed by atoms with Gasteiger partial charge in [0.15, 0.2) is 11.5 Å². The molecule has 2 N–H and O–H groups in total. The number of benzene rings is 1. The second-order valence-electron chi connectivity index (χ2n) is 4.51. The molecule has 0 bridgehead atoms. The minimum absolute atomic E-state index is 0.0394. The van der Waals surface area contributed by atoms with Crippen molar-refractivity contribution in [3.8, 4) is 11.5 Å². The zero-order valence-corrected chi connectivity index (χ0v) is 10.5. The highest BCUT2D eigenvalue weighted by molar-refractivity contribution is 5.46. The molecule has 1 aromatic carbocycles. The van der Waals surface area contributed by atoms with Crippen molar-refractivity contribution in [2.45, 2.75) is 32.7 Å². The van der Waals surface area contributed by atoms with Crippen molar-refractivity contribution in [3.05, 3.63) is 23.8 Å². The van der Waals surface area contributed by atoms with E-state index in [0.717, 1.165) is 12.0 Å².